The molecule has 31 heavy (non-hydrogen) atoms. The third-order valence-corrected chi connectivity index (χ3v) is 4.20. The van der Waals surface area contributed by atoms with E-state index in [9.17, 15) is 14.4 Å². The molecule has 0 aliphatic carbocycles. The van der Waals surface area contributed by atoms with E-state index in [1.165, 1.54) is 0 Å². The fourth-order valence-electron chi connectivity index (χ4n) is 2.79. The molecule has 0 aliphatic heterocycles. The van der Waals surface area contributed by atoms with Gasteiger partial charge in [-0.2, -0.15) is 0 Å². The van der Waals surface area contributed by atoms with E-state index < -0.39 is 5.91 Å². The van der Waals surface area contributed by atoms with Crippen LogP contribution < -0.4 is 25.6 Å². The number of rotatable bonds is 10. The van der Waals surface area contributed by atoms with Crippen LogP contribution in [0.3, 0.4) is 0 Å². The fraction of sp³-hybridized carbons (Fsp3) is 0.348. The third kappa shape index (κ3) is 7.65. The van der Waals surface area contributed by atoms with Crippen LogP contribution in [0, 0.1) is 0 Å². The maximum Gasteiger partial charge on any atom is 0.269 e. The van der Waals surface area contributed by atoms with Gasteiger partial charge in [0.15, 0.2) is 11.5 Å². The minimum absolute atomic E-state index is 0.0646. The van der Waals surface area contributed by atoms with E-state index in [0.717, 1.165) is 12.0 Å². The van der Waals surface area contributed by atoms with Gasteiger partial charge in [0.2, 0.25) is 11.8 Å². The zero-order valence-corrected chi connectivity index (χ0v) is 18.1. The molecular formula is C23H29N3O5. The summed E-state index contributed by atoms with van der Waals surface area (Å²) in [6.07, 6.45) is 1.26. The Hall–Kier alpha value is -3.55. The van der Waals surface area contributed by atoms with Crippen molar-refractivity contribution in [3.05, 3.63) is 53.6 Å². The number of nitrogens with one attached hydrogen (secondary N) is 3. The first-order valence-electron chi connectivity index (χ1n) is 10.3. The summed E-state index contributed by atoms with van der Waals surface area (Å²) in [4.78, 5) is 36.1. The van der Waals surface area contributed by atoms with Crippen molar-refractivity contribution in [1.29, 1.82) is 0 Å². The van der Waals surface area contributed by atoms with Crippen LogP contribution in [0.5, 0.6) is 11.5 Å². The second-order valence-electron chi connectivity index (χ2n) is 6.70. The van der Waals surface area contributed by atoms with Gasteiger partial charge in [-0.05, 0) is 62.2 Å². The molecule has 0 saturated carbocycles. The maximum atomic E-state index is 12.2. The lowest BCUT2D eigenvalue weighted by Gasteiger charge is -2.13. The minimum atomic E-state index is -0.457. The van der Waals surface area contributed by atoms with E-state index >= 15 is 0 Å². The topological polar surface area (TPSA) is 106 Å². The minimum Gasteiger partial charge on any atom is -0.490 e. The maximum absolute atomic E-state index is 12.2. The Morgan fingerprint density at radius 2 is 1.48 bits per heavy atom. The quantitative estimate of drug-likeness (QED) is 0.505. The summed E-state index contributed by atoms with van der Waals surface area (Å²) in [6.45, 7) is 6.67. The number of amides is 3. The van der Waals surface area contributed by atoms with Gasteiger partial charge < -0.3 is 14.8 Å². The number of ether oxygens (including phenoxy) is 2. The molecule has 166 valence electrons. The van der Waals surface area contributed by atoms with Crippen molar-refractivity contribution in [3.8, 4) is 11.5 Å². The molecule has 0 atom stereocenters. The molecule has 0 bridgehead atoms. The van der Waals surface area contributed by atoms with Gasteiger partial charge in [-0.3, -0.25) is 25.2 Å². The summed E-state index contributed by atoms with van der Waals surface area (Å²) >= 11 is 0. The van der Waals surface area contributed by atoms with Gasteiger partial charge >= 0.3 is 0 Å². The molecule has 0 aromatic heterocycles. The summed E-state index contributed by atoms with van der Waals surface area (Å²) in [5.41, 5.74) is 6.49. The SMILES string of the molecule is CCCC(=O)Nc1ccc(C(=O)NNC(=O)Cc2ccc(OCC)c(OCC)c2)cc1. The number of hydrogen-bond donors (Lipinski definition) is 3. The summed E-state index contributed by atoms with van der Waals surface area (Å²) in [5.74, 6) is 0.291. The van der Waals surface area contributed by atoms with Crippen LogP contribution in [0.25, 0.3) is 0 Å². The first kappa shape index (κ1) is 23.7. The summed E-state index contributed by atoms with van der Waals surface area (Å²) in [7, 11) is 0. The lowest BCUT2D eigenvalue weighted by molar-refractivity contribution is -0.121. The standard InChI is InChI=1S/C23H29N3O5/c1-4-7-21(27)24-18-11-9-17(10-12-18)23(29)26-25-22(28)15-16-8-13-19(30-5-2)20(14-16)31-6-3/h8-14H,4-7,15H2,1-3H3,(H,24,27)(H,25,28)(H,26,29). The lowest BCUT2D eigenvalue weighted by atomic mass is 10.1. The Kier molecular flexibility index (Phi) is 9.35. The molecule has 0 radical (unpaired) electrons. The van der Waals surface area contributed by atoms with Crippen molar-refractivity contribution in [1.82, 2.24) is 10.9 Å². The third-order valence-electron chi connectivity index (χ3n) is 4.20. The predicted molar refractivity (Wildman–Crippen MR) is 118 cm³/mol. The van der Waals surface area contributed by atoms with Crippen LogP contribution in [-0.4, -0.2) is 30.9 Å². The zero-order valence-electron chi connectivity index (χ0n) is 18.1. The number of carbonyl (C=O) groups is 3. The predicted octanol–water partition coefficient (Wildman–Crippen LogP) is 3.23. The second kappa shape index (κ2) is 12.2. The van der Waals surface area contributed by atoms with Crippen LogP contribution in [0.1, 0.15) is 49.5 Å². The van der Waals surface area contributed by atoms with Gasteiger partial charge in [0.1, 0.15) is 0 Å². The molecule has 3 amide bonds. The Balaban J connectivity index is 1.88. The van der Waals surface area contributed by atoms with E-state index in [0.29, 0.717) is 42.4 Å². The van der Waals surface area contributed by atoms with E-state index in [-0.39, 0.29) is 18.2 Å². The molecule has 0 saturated heterocycles. The molecule has 0 heterocycles. The molecule has 8 nitrogen and oxygen atoms in total. The van der Waals surface area contributed by atoms with Crippen molar-refractivity contribution in [3.63, 3.8) is 0 Å². The van der Waals surface area contributed by atoms with Gasteiger partial charge in [0.25, 0.3) is 5.91 Å². The van der Waals surface area contributed by atoms with Gasteiger partial charge in [0.05, 0.1) is 19.6 Å². The second-order valence-corrected chi connectivity index (χ2v) is 6.70. The van der Waals surface area contributed by atoms with Gasteiger partial charge in [-0.15, -0.1) is 0 Å². The van der Waals surface area contributed by atoms with E-state index in [1.54, 1.807) is 42.5 Å². The highest BCUT2D eigenvalue weighted by atomic mass is 16.5. The average Bonchev–Trinajstić information content (AvgIpc) is 2.75. The Bertz CT molecular complexity index is 897. The Morgan fingerprint density at radius 1 is 0.806 bits per heavy atom. The van der Waals surface area contributed by atoms with Crippen LogP contribution in [0.4, 0.5) is 5.69 Å². The molecule has 2 aromatic carbocycles. The summed E-state index contributed by atoms with van der Waals surface area (Å²) in [5, 5.41) is 2.75. The first-order valence-corrected chi connectivity index (χ1v) is 10.3. The van der Waals surface area contributed by atoms with Crippen molar-refractivity contribution in [2.24, 2.45) is 0 Å². The number of anilines is 1. The van der Waals surface area contributed by atoms with Crippen LogP contribution >= 0.6 is 0 Å². The van der Waals surface area contributed by atoms with E-state index in [4.69, 9.17) is 9.47 Å². The Morgan fingerprint density at radius 3 is 2.13 bits per heavy atom. The number of carbonyl (C=O) groups excluding carboxylic acids is 3. The molecule has 0 fully saturated rings. The molecule has 3 N–H and O–H groups in total. The first-order chi connectivity index (χ1) is 15.0. The molecule has 0 aliphatic rings. The van der Waals surface area contributed by atoms with Crippen molar-refractivity contribution >= 4 is 23.4 Å². The fourth-order valence-corrected chi connectivity index (χ4v) is 2.79. The van der Waals surface area contributed by atoms with E-state index in [1.807, 2.05) is 20.8 Å². The monoisotopic (exact) mass is 427 g/mol. The Labute approximate surface area is 182 Å². The highest BCUT2D eigenvalue weighted by Crippen LogP contribution is 2.28. The number of benzene rings is 2. The average molecular weight is 428 g/mol. The van der Waals surface area contributed by atoms with E-state index in [2.05, 4.69) is 16.2 Å². The van der Waals surface area contributed by atoms with Crippen LogP contribution in [0.2, 0.25) is 0 Å². The normalized spacial score (nSPS) is 10.2. The van der Waals surface area contributed by atoms with Crippen LogP contribution in [-0.2, 0) is 16.0 Å². The largest absolute Gasteiger partial charge is 0.490 e. The molecule has 2 rings (SSSR count). The number of hydrogen-bond acceptors (Lipinski definition) is 5. The van der Waals surface area contributed by atoms with Gasteiger partial charge in [-0.25, -0.2) is 0 Å². The number of hydrazine groups is 1. The van der Waals surface area contributed by atoms with Crippen molar-refractivity contribution < 1.29 is 23.9 Å². The molecule has 0 unspecified atom stereocenters. The lowest BCUT2D eigenvalue weighted by Crippen LogP contribution is -2.42. The zero-order chi connectivity index (χ0) is 22.6. The van der Waals surface area contributed by atoms with Crippen molar-refractivity contribution in [2.45, 2.75) is 40.0 Å². The van der Waals surface area contributed by atoms with Crippen LogP contribution in [0.15, 0.2) is 42.5 Å². The molecule has 8 heteroatoms. The molecule has 0 spiro atoms. The highest BCUT2D eigenvalue weighted by molar-refractivity contribution is 5.96. The van der Waals surface area contributed by atoms with Gasteiger partial charge in [-0.1, -0.05) is 13.0 Å². The highest BCUT2D eigenvalue weighted by Gasteiger charge is 2.11. The molecular weight excluding hydrogens is 398 g/mol. The van der Waals surface area contributed by atoms with Gasteiger partial charge in [0, 0.05) is 17.7 Å². The van der Waals surface area contributed by atoms with Crippen molar-refractivity contribution in [2.75, 3.05) is 18.5 Å². The smallest absolute Gasteiger partial charge is 0.269 e. The summed E-state index contributed by atoms with van der Waals surface area (Å²) < 4.78 is 11.1. The summed E-state index contributed by atoms with van der Waals surface area (Å²) in [6, 6.07) is 11.7. The molecule has 2 aromatic rings.